The normalized spacial score (nSPS) is 24.4. The first-order valence-corrected chi connectivity index (χ1v) is 5.74. The van der Waals surface area contributed by atoms with Gasteiger partial charge in [-0.3, -0.25) is 4.68 Å². The number of carbonyl (C=O) groups excluding carboxylic acids is 1. The Kier molecular flexibility index (Phi) is 2.01. The first-order chi connectivity index (χ1) is 8.08. The fourth-order valence-corrected chi connectivity index (χ4v) is 2.40. The molecule has 1 unspecified atom stereocenters. The third-order valence-electron chi connectivity index (χ3n) is 3.29. The number of amides is 2. The smallest absolute Gasteiger partial charge is 0.346 e. The Bertz CT molecular complexity index is 514. The number of hydrogen-bond donors (Lipinski definition) is 1. The van der Waals surface area contributed by atoms with E-state index in [-0.39, 0.29) is 12.1 Å². The van der Waals surface area contributed by atoms with Gasteiger partial charge in [-0.25, -0.2) is 4.79 Å². The molecule has 1 atom stereocenters. The molecule has 17 heavy (non-hydrogen) atoms. The third-order valence-corrected chi connectivity index (χ3v) is 3.29. The van der Waals surface area contributed by atoms with Crippen molar-refractivity contribution in [2.75, 3.05) is 0 Å². The van der Waals surface area contributed by atoms with Crippen LogP contribution in [0.2, 0.25) is 0 Å². The quantitative estimate of drug-likeness (QED) is 0.817. The van der Waals surface area contributed by atoms with E-state index in [1.165, 1.54) is 0 Å². The fraction of sp³-hybridized carbons (Fsp3) is 0.545. The summed E-state index contributed by atoms with van der Waals surface area (Å²) in [5, 5.41) is 4.30. The van der Waals surface area contributed by atoms with Crippen LogP contribution < -0.4 is 5.73 Å². The minimum absolute atomic E-state index is 0.210. The van der Waals surface area contributed by atoms with Crippen molar-refractivity contribution in [1.29, 1.82) is 0 Å². The molecule has 90 valence electrons. The van der Waals surface area contributed by atoms with Crippen LogP contribution in [0.15, 0.2) is 11.2 Å². The van der Waals surface area contributed by atoms with Crippen LogP contribution in [0.1, 0.15) is 30.1 Å². The zero-order valence-corrected chi connectivity index (χ0v) is 9.92. The maximum atomic E-state index is 11.8. The predicted molar refractivity (Wildman–Crippen MR) is 62.6 cm³/mol. The van der Waals surface area contributed by atoms with Crippen molar-refractivity contribution in [1.82, 2.24) is 14.7 Å². The van der Waals surface area contributed by atoms with Gasteiger partial charge < -0.3 is 10.6 Å². The lowest BCUT2D eigenvalue weighted by atomic mass is 10.1. The second-order valence-electron chi connectivity index (χ2n) is 4.70. The summed E-state index contributed by atoms with van der Waals surface area (Å²) in [6, 6.07) is -0.126. The third kappa shape index (κ3) is 1.51. The maximum absolute atomic E-state index is 11.8. The molecular formula is C11H15N5O. The van der Waals surface area contributed by atoms with E-state index in [1.807, 2.05) is 20.2 Å². The Labute approximate surface area is 99.1 Å². The zero-order chi connectivity index (χ0) is 12.2. The van der Waals surface area contributed by atoms with E-state index in [4.69, 9.17) is 5.73 Å². The molecule has 1 saturated carbocycles. The van der Waals surface area contributed by atoms with E-state index in [0.29, 0.717) is 11.9 Å². The molecule has 2 aliphatic rings. The second-order valence-corrected chi connectivity index (χ2v) is 4.70. The molecule has 2 heterocycles. The van der Waals surface area contributed by atoms with Crippen molar-refractivity contribution in [3.63, 3.8) is 0 Å². The Balaban J connectivity index is 2.02. The maximum Gasteiger partial charge on any atom is 0.346 e. The summed E-state index contributed by atoms with van der Waals surface area (Å²) >= 11 is 0. The highest BCUT2D eigenvalue weighted by Crippen LogP contribution is 2.38. The lowest BCUT2D eigenvalue weighted by Gasteiger charge is -2.23. The van der Waals surface area contributed by atoms with Gasteiger partial charge in [0.25, 0.3) is 0 Å². The highest BCUT2D eigenvalue weighted by atomic mass is 16.2. The highest BCUT2D eigenvalue weighted by molar-refractivity contribution is 6.03. The lowest BCUT2D eigenvalue weighted by Crippen LogP contribution is -2.35. The topological polar surface area (TPSA) is 76.5 Å². The molecule has 2 N–H and O–H groups in total. The van der Waals surface area contributed by atoms with Crippen LogP contribution in [0.5, 0.6) is 0 Å². The molecule has 0 radical (unpaired) electrons. The monoisotopic (exact) mass is 233 g/mol. The van der Waals surface area contributed by atoms with E-state index < -0.39 is 0 Å². The summed E-state index contributed by atoms with van der Waals surface area (Å²) in [5.41, 5.74) is 7.76. The van der Waals surface area contributed by atoms with Crippen LogP contribution in [-0.2, 0) is 7.05 Å². The minimum Gasteiger partial charge on any atom is -0.385 e. The Morgan fingerprint density at radius 1 is 1.47 bits per heavy atom. The van der Waals surface area contributed by atoms with Gasteiger partial charge in [-0.15, -0.1) is 0 Å². The van der Waals surface area contributed by atoms with Gasteiger partial charge in [-0.1, -0.05) is 0 Å². The molecule has 1 aromatic heterocycles. The lowest BCUT2D eigenvalue weighted by molar-refractivity contribution is 0.203. The van der Waals surface area contributed by atoms with Crippen LogP contribution in [-0.4, -0.2) is 32.6 Å². The predicted octanol–water partition coefficient (Wildman–Crippen LogP) is 0.725. The van der Waals surface area contributed by atoms with E-state index in [2.05, 4.69) is 10.1 Å². The summed E-state index contributed by atoms with van der Waals surface area (Å²) in [5.74, 6) is 0.387. The minimum atomic E-state index is -0.219. The van der Waals surface area contributed by atoms with Crippen molar-refractivity contribution >= 4 is 11.9 Å². The first-order valence-electron chi connectivity index (χ1n) is 5.74. The van der Waals surface area contributed by atoms with Gasteiger partial charge in [0.15, 0.2) is 0 Å². The van der Waals surface area contributed by atoms with Crippen molar-refractivity contribution in [3.8, 4) is 0 Å². The summed E-state index contributed by atoms with van der Waals surface area (Å²) in [6.07, 6.45) is 4.01. The van der Waals surface area contributed by atoms with E-state index in [9.17, 15) is 4.79 Å². The van der Waals surface area contributed by atoms with Crippen molar-refractivity contribution in [3.05, 3.63) is 17.5 Å². The Hall–Kier alpha value is -1.85. The highest BCUT2D eigenvalue weighted by Gasteiger charge is 2.44. The first kappa shape index (κ1) is 10.3. The van der Waals surface area contributed by atoms with Gasteiger partial charge in [0.1, 0.15) is 11.9 Å². The van der Waals surface area contributed by atoms with Gasteiger partial charge in [-0.2, -0.15) is 10.1 Å². The fourth-order valence-electron chi connectivity index (χ4n) is 2.40. The number of rotatable bonds is 2. The zero-order valence-electron chi connectivity index (χ0n) is 9.92. The number of nitrogens with zero attached hydrogens (tertiary/aromatic N) is 4. The average Bonchev–Trinajstić information content (AvgIpc) is 2.95. The van der Waals surface area contributed by atoms with E-state index >= 15 is 0 Å². The van der Waals surface area contributed by atoms with Crippen molar-refractivity contribution in [2.24, 2.45) is 17.8 Å². The number of aromatic nitrogens is 2. The van der Waals surface area contributed by atoms with E-state index in [0.717, 1.165) is 24.1 Å². The molecule has 0 spiro atoms. The van der Waals surface area contributed by atoms with Crippen LogP contribution in [0.25, 0.3) is 0 Å². The molecular weight excluding hydrogens is 218 g/mol. The van der Waals surface area contributed by atoms with Gasteiger partial charge >= 0.3 is 6.03 Å². The summed E-state index contributed by atoms with van der Waals surface area (Å²) in [6.45, 7) is 1.93. The Morgan fingerprint density at radius 2 is 2.18 bits per heavy atom. The molecule has 6 nitrogen and oxygen atoms in total. The molecule has 6 heteroatoms. The van der Waals surface area contributed by atoms with Crippen molar-refractivity contribution in [2.45, 2.75) is 31.8 Å². The largest absolute Gasteiger partial charge is 0.385 e. The number of aryl methyl sites for hydroxylation is 2. The number of nitrogens with two attached hydrogens (primary N) is 1. The molecule has 1 aromatic rings. The number of hydrogen-bond acceptors (Lipinski definition) is 3. The summed E-state index contributed by atoms with van der Waals surface area (Å²) < 4.78 is 1.74. The molecule has 0 bridgehead atoms. The molecule has 0 saturated heterocycles. The van der Waals surface area contributed by atoms with Gasteiger partial charge in [0, 0.05) is 24.8 Å². The van der Waals surface area contributed by atoms with Crippen LogP contribution in [0.4, 0.5) is 4.79 Å². The SMILES string of the molecule is Cc1nn(C)cc1C1C(N)=NC(=O)N1C1CC1. The number of amidine groups is 1. The van der Waals surface area contributed by atoms with Crippen LogP contribution >= 0.6 is 0 Å². The average molecular weight is 233 g/mol. The molecule has 1 fully saturated rings. The van der Waals surface area contributed by atoms with Gasteiger partial charge in [-0.05, 0) is 19.8 Å². The van der Waals surface area contributed by atoms with Crippen molar-refractivity contribution < 1.29 is 4.79 Å². The Morgan fingerprint density at radius 3 is 2.71 bits per heavy atom. The van der Waals surface area contributed by atoms with Gasteiger partial charge in [0.05, 0.1) is 5.69 Å². The number of aliphatic imine (C=N–C) groups is 1. The number of urea groups is 1. The molecule has 1 aliphatic heterocycles. The number of carbonyl (C=O) groups is 1. The van der Waals surface area contributed by atoms with Gasteiger partial charge in [0.2, 0.25) is 0 Å². The van der Waals surface area contributed by atoms with Crippen LogP contribution in [0.3, 0.4) is 0 Å². The molecule has 1 aliphatic carbocycles. The van der Waals surface area contributed by atoms with E-state index in [1.54, 1.807) is 9.58 Å². The second kappa shape index (κ2) is 3.32. The molecule has 0 aromatic carbocycles. The standard InChI is InChI=1S/C11H15N5O/c1-6-8(5-15(2)14-6)9-10(12)13-11(17)16(9)7-3-4-7/h5,7,9H,3-4H2,1-2H3,(H2,12,13,17). The molecule has 3 rings (SSSR count). The van der Waals surface area contributed by atoms with Crippen LogP contribution in [0, 0.1) is 6.92 Å². The summed E-state index contributed by atoms with van der Waals surface area (Å²) in [4.78, 5) is 17.5. The molecule has 2 amide bonds. The summed E-state index contributed by atoms with van der Waals surface area (Å²) in [7, 11) is 1.86.